The number of likely N-dealkylation sites (tertiary alicyclic amines) is 1. The van der Waals surface area contributed by atoms with Crippen molar-refractivity contribution in [3.8, 4) is 0 Å². The lowest BCUT2D eigenvalue weighted by molar-refractivity contribution is -0.117. The van der Waals surface area contributed by atoms with Gasteiger partial charge in [0.25, 0.3) is 0 Å². The van der Waals surface area contributed by atoms with Crippen LogP contribution in [0, 0.1) is 0 Å². The average molecular weight is 367 g/mol. The third kappa shape index (κ3) is 6.38. The van der Waals surface area contributed by atoms with E-state index in [4.69, 9.17) is 0 Å². The SMILES string of the molecule is O=C(CN1CCC(NC(=O)NCc2ccncc2)CC1)Nc1ccccc1. The number of carbonyl (C=O) groups is 2. The number of pyridine rings is 1. The summed E-state index contributed by atoms with van der Waals surface area (Å²) in [4.78, 5) is 30.2. The van der Waals surface area contributed by atoms with Crippen molar-refractivity contribution in [3.63, 3.8) is 0 Å². The minimum Gasteiger partial charge on any atom is -0.335 e. The highest BCUT2D eigenvalue weighted by Gasteiger charge is 2.22. The van der Waals surface area contributed by atoms with Gasteiger partial charge in [-0.3, -0.25) is 14.7 Å². The topological polar surface area (TPSA) is 86.4 Å². The van der Waals surface area contributed by atoms with Gasteiger partial charge in [0.2, 0.25) is 5.91 Å². The number of amides is 3. The van der Waals surface area contributed by atoms with E-state index in [1.54, 1.807) is 12.4 Å². The first kappa shape index (κ1) is 18.8. The molecule has 3 rings (SSSR count). The number of hydrogen-bond acceptors (Lipinski definition) is 4. The zero-order valence-corrected chi connectivity index (χ0v) is 15.2. The maximum atomic E-state index is 12.1. The molecule has 1 aliphatic heterocycles. The highest BCUT2D eigenvalue weighted by Crippen LogP contribution is 2.11. The molecule has 0 saturated carbocycles. The zero-order chi connectivity index (χ0) is 18.9. The largest absolute Gasteiger partial charge is 0.335 e. The second kappa shape index (κ2) is 9.68. The average Bonchev–Trinajstić information content (AvgIpc) is 2.69. The quantitative estimate of drug-likeness (QED) is 0.729. The van der Waals surface area contributed by atoms with Crippen molar-refractivity contribution < 1.29 is 9.59 Å². The fourth-order valence-corrected chi connectivity index (χ4v) is 3.08. The number of carbonyl (C=O) groups excluding carboxylic acids is 2. The Hall–Kier alpha value is -2.93. The zero-order valence-electron chi connectivity index (χ0n) is 15.2. The number of aromatic nitrogens is 1. The molecule has 1 aromatic heterocycles. The number of anilines is 1. The molecule has 0 radical (unpaired) electrons. The van der Waals surface area contributed by atoms with Gasteiger partial charge in [-0.1, -0.05) is 18.2 Å². The number of nitrogens with one attached hydrogen (secondary N) is 3. The molecule has 0 aliphatic carbocycles. The van der Waals surface area contributed by atoms with Crippen molar-refractivity contribution in [3.05, 3.63) is 60.4 Å². The predicted octanol–water partition coefficient (Wildman–Crippen LogP) is 1.98. The summed E-state index contributed by atoms with van der Waals surface area (Å²) in [6.07, 6.45) is 5.08. The molecule has 1 aromatic carbocycles. The van der Waals surface area contributed by atoms with Crippen molar-refractivity contribution in [2.24, 2.45) is 0 Å². The van der Waals surface area contributed by atoms with Crippen molar-refractivity contribution in [2.75, 3.05) is 25.0 Å². The van der Waals surface area contributed by atoms with Gasteiger partial charge in [-0.15, -0.1) is 0 Å². The molecule has 7 nitrogen and oxygen atoms in total. The highest BCUT2D eigenvalue weighted by molar-refractivity contribution is 5.92. The number of urea groups is 1. The summed E-state index contributed by atoms with van der Waals surface area (Å²) in [5.41, 5.74) is 1.82. The molecule has 2 heterocycles. The Morgan fingerprint density at radius 1 is 1.04 bits per heavy atom. The molecule has 3 N–H and O–H groups in total. The summed E-state index contributed by atoms with van der Waals surface area (Å²) in [5, 5.41) is 8.77. The van der Waals surface area contributed by atoms with Crippen LogP contribution < -0.4 is 16.0 Å². The number of piperidine rings is 1. The van der Waals surface area contributed by atoms with Gasteiger partial charge in [-0.05, 0) is 42.7 Å². The van der Waals surface area contributed by atoms with E-state index in [9.17, 15) is 9.59 Å². The summed E-state index contributed by atoms with van der Waals surface area (Å²) in [5.74, 6) is -0.0114. The fourth-order valence-electron chi connectivity index (χ4n) is 3.08. The van der Waals surface area contributed by atoms with Crippen LogP contribution in [0.1, 0.15) is 18.4 Å². The smallest absolute Gasteiger partial charge is 0.315 e. The monoisotopic (exact) mass is 367 g/mol. The molecule has 7 heteroatoms. The van der Waals surface area contributed by atoms with Crippen LogP contribution in [-0.2, 0) is 11.3 Å². The van der Waals surface area contributed by atoms with Crippen molar-refractivity contribution >= 4 is 17.6 Å². The molecule has 0 unspecified atom stereocenters. The maximum Gasteiger partial charge on any atom is 0.315 e. The Balaban J connectivity index is 1.33. The van der Waals surface area contributed by atoms with Gasteiger partial charge in [-0.2, -0.15) is 0 Å². The molecule has 0 atom stereocenters. The minimum absolute atomic E-state index is 0.0114. The van der Waals surface area contributed by atoms with Crippen molar-refractivity contribution in [2.45, 2.75) is 25.4 Å². The highest BCUT2D eigenvalue weighted by atomic mass is 16.2. The van der Waals surface area contributed by atoms with Gasteiger partial charge >= 0.3 is 6.03 Å². The number of benzene rings is 1. The standard InChI is InChI=1S/C20H25N5O2/c26-19(23-17-4-2-1-3-5-17)15-25-12-8-18(9-13-25)24-20(27)22-14-16-6-10-21-11-7-16/h1-7,10-11,18H,8-9,12-15H2,(H,23,26)(H2,22,24,27). The molecular weight excluding hydrogens is 342 g/mol. The molecule has 1 saturated heterocycles. The van der Waals surface area contributed by atoms with Gasteiger partial charge in [0.1, 0.15) is 0 Å². The number of nitrogens with zero attached hydrogens (tertiary/aromatic N) is 2. The van der Waals surface area contributed by atoms with Gasteiger partial charge in [0.15, 0.2) is 0 Å². The van der Waals surface area contributed by atoms with Gasteiger partial charge in [0, 0.05) is 43.8 Å². The summed E-state index contributed by atoms with van der Waals surface area (Å²) < 4.78 is 0. The van der Waals surface area contributed by atoms with E-state index in [1.807, 2.05) is 42.5 Å². The minimum atomic E-state index is -0.160. The lowest BCUT2D eigenvalue weighted by atomic mass is 10.1. The van der Waals surface area contributed by atoms with Crippen LogP contribution in [0.3, 0.4) is 0 Å². The molecule has 0 spiro atoms. The van der Waals surface area contributed by atoms with Crippen LogP contribution in [0.4, 0.5) is 10.5 Å². The first-order valence-electron chi connectivity index (χ1n) is 9.19. The molecule has 1 fully saturated rings. The second-order valence-corrected chi connectivity index (χ2v) is 6.65. The molecular formula is C20H25N5O2. The van der Waals surface area contributed by atoms with E-state index < -0.39 is 0 Å². The third-order valence-corrected chi connectivity index (χ3v) is 4.55. The van der Waals surface area contributed by atoms with Crippen LogP contribution in [0.25, 0.3) is 0 Å². The Kier molecular flexibility index (Phi) is 6.76. The Bertz CT molecular complexity index is 731. The first-order chi connectivity index (χ1) is 13.2. The fraction of sp³-hybridized carbons (Fsp3) is 0.350. The van der Waals surface area contributed by atoms with E-state index in [-0.39, 0.29) is 18.0 Å². The molecule has 1 aliphatic rings. The molecule has 0 bridgehead atoms. The van der Waals surface area contributed by atoms with Crippen LogP contribution in [0.5, 0.6) is 0 Å². The molecule has 142 valence electrons. The lowest BCUT2D eigenvalue weighted by Crippen LogP contribution is -2.48. The second-order valence-electron chi connectivity index (χ2n) is 6.65. The van der Waals surface area contributed by atoms with E-state index in [1.165, 1.54) is 0 Å². The summed E-state index contributed by atoms with van der Waals surface area (Å²) in [6, 6.07) is 13.2. The number of hydrogen-bond donors (Lipinski definition) is 3. The Morgan fingerprint density at radius 2 is 1.74 bits per heavy atom. The van der Waals surface area contributed by atoms with Crippen LogP contribution >= 0.6 is 0 Å². The molecule has 3 amide bonds. The van der Waals surface area contributed by atoms with Crippen molar-refractivity contribution in [1.29, 1.82) is 0 Å². The lowest BCUT2D eigenvalue weighted by Gasteiger charge is -2.31. The number of rotatable bonds is 6. The van der Waals surface area contributed by atoms with E-state index in [0.29, 0.717) is 13.1 Å². The molecule has 2 aromatic rings. The van der Waals surface area contributed by atoms with Gasteiger partial charge in [-0.25, -0.2) is 4.79 Å². The van der Waals surface area contributed by atoms with Crippen molar-refractivity contribution in [1.82, 2.24) is 20.5 Å². The Labute approximate surface area is 159 Å². The summed E-state index contributed by atoms with van der Waals surface area (Å²) >= 11 is 0. The Morgan fingerprint density at radius 3 is 2.44 bits per heavy atom. The summed E-state index contributed by atoms with van der Waals surface area (Å²) in [7, 11) is 0. The van der Waals surface area contributed by atoms with Gasteiger partial charge < -0.3 is 16.0 Å². The summed E-state index contributed by atoms with van der Waals surface area (Å²) in [6.45, 7) is 2.43. The van der Waals surface area contributed by atoms with Gasteiger partial charge in [0.05, 0.1) is 6.54 Å². The van der Waals surface area contributed by atoms with E-state index >= 15 is 0 Å². The first-order valence-corrected chi connectivity index (χ1v) is 9.19. The van der Waals surface area contributed by atoms with Crippen LogP contribution in [0.15, 0.2) is 54.9 Å². The van der Waals surface area contributed by atoms with Crippen LogP contribution in [0.2, 0.25) is 0 Å². The third-order valence-electron chi connectivity index (χ3n) is 4.55. The number of para-hydroxylation sites is 1. The van der Waals surface area contributed by atoms with Crippen LogP contribution in [-0.4, -0.2) is 47.5 Å². The predicted molar refractivity (Wildman–Crippen MR) is 104 cm³/mol. The van der Waals surface area contributed by atoms with E-state index in [2.05, 4.69) is 25.8 Å². The molecule has 27 heavy (non-hydrogen) atoms. The van der Waals surface area contributed by atoms with E-state index in [0.717, 1.165) is 37.2 Å². The maximum absolute atomic E-state index is 12.1. The normalized spacial score (nSPS) is 15.1.